The molecule has 3 heterocycles. The Balaban J connectivity index is 1.64. The summed E-state index contributed by atoms with van der Waals surface area (Å²) in [7, 11) is 1.66. The smallest absolute Gasteiger partial charge is 0.267 e. The second kappa shape index (κ2) is 5.92. The highest BCUT2D eigenvalue weighted by atomic mass is 16.6. The van der Waals surface area contributed by atoms with Crippen LogP contribution >= 0.6 is 0 Å². The number of hydrogen-bond donors (Lipinski definition) is 0. The Bertz CT molecular complexity index is 698. The summed E-state index contributed by atoms with van der Waals surface area (Å²) in [6, 6.07) is 5.44. The third kappa shape index (κ3) is 2.95. The molecule has 0 saturated heterocycles. The van der Waals surface area contributed by atoms with Gasteiger partial charge in [0.25, 0.3) is 5.91 Å². The van der Waals surface area contributed by atoms with Crippen molar-refractivity contribution in [1.29, 1.82) is 0 Å². The van der Waals surface area contributed by atoms with Crippen LogP contribution in [0.15, 0.2) is 34.1 Å². The van der Waals surface area contributed by atoms with Gasteiger partial charge in [0.15, 0.2) is 0 Å². The second-order valence-electron chi connectivity index (χ2n) is 5.05. The van der Waals surface area contributed by atoms with E-state index in [9.17, 15) is 4.79 Å². The number of pyridine rings is 1. The van der Waals surface area contributed by atoms with Crippen molar-refractivity contribution in [3.05, 3.63) is 30.3 Å². The molecule has 0 N–H and O–H groups in total. The summed E-state index contributed by atoms with van der Waals surface area (Å²) < 4.78 is 5.16. The first-order valence-corrected chi connectivity index (χ1v) is 6.82. The standard InChI is InChI=1S/C14H15N5O3/c1-9-7-11(21-17-9)14(20)19(2)8-12-16-13(18-22-12)10-5-3-4-6-15-10/h3-6,11H,7-8H2,1-2H3/t11-/m1/s1. The van der Waals surface area contributed by atoms with Crippen LogP contribution in [0.5, 0.6) is 0 Å². The molecule has 0 aliphatic carbocycles. The van der Waals surface area contributed by atoms with Crippen LogP contribution in [0.4, 0.5) is 0 Å². The summed E-state index contributed by atoms with van der Waals surface area (Å²) in [6.45, 7) is 2.03. The van der Waals surface area contributed by atoms with Gasteiger partial charge < -0.3 is 14.3 Å². The van der Waals surface area contributed by atoms with Crippen molar-refractivity contribution >= 4 is 11.6 Å². The minimum Gasteiger partial charge on any atom is -0.382 e. The van der Waals surface area contributed by atoms with Crippen molar-refractivity contribution in [3.63, 3.8) is 0 Å². The molecule has 0 saturated carbocycles. The number of hydrogen-bond acceptors (Lipinski definition) is 7. The molecule has 1 atom stereocenters. The van der Waals surface area contributed by atoms with Gasteiger partial charge >= 0.3 is 0 Å². The van der Waals surface area contributed by atoms with Crippen molar-refractivity contribution in [2.45, 2.75) is 26.0 Å². The number of carbonyl (C=O) groups excluding carboxylic acids is 1. The van der Waals surface area contributed by atoms with Gasteiger partial charge in [0, 0.05) is 19.7 Å². The Morgan fingerprint density at radius 2 is 2.32 bits per heavy atom. The Hall–Kier alpha value is -2.77. The summed E-state index contributed by atoms with van der Waals surface area (Å²) >= 11 is 0. The van der Waals surface area contributed by atoms with E-state index in [0.717, 1.165) is 5.71 Å². The van der Waals surface area contributed by atoms with E-state index in [1.165, 1.54) is 4.90 Å². The van der Waals surface area contributed by atoms with Gasteiger partial charge in [0.2, 0.25) is 17.8 Å². The lowest BCUT2D eigenvalue weighted by molar-refractivity contribution is -0.141. The van der Waals surface area contributed by atoms with E-state index in [-0.39, 0.29) is 12.5 Å². The molecular weight excluding hydrogens is 286 g/mol. The van der Waals surface area contributed by atoms with E-state index < -0.39 is 6.10 Å². The van der Waals surface area contributed by atoms with Crippen LogP contribution in [0.2, 0.25) is 0 Å². The molecule has 0 aromatic carbocycles. The number of oxime groups is 1. The fourth-order valence-corrected chi connectivity index (χ4v) is 2.07. The Labute approximate surface area is 126 Å². The van der Waals surface area contributed by atoms with E-state index in [4.69, 9.17) is 9.36 Å². The van der Waals surface area contributed by atoms with E-state index in [0.29, 0.717) is 23.8 Å². The summed E-state index contributed by atoms with van der Waals surface area (Å²) in [5.74, 6) is 0.568. The Morgan fingerprint density at radius 1 is 1.45 bits per heavy atom. The second-order valence-corrected chi connectivity index (χ2v) is 5.05. The molecule has 3 rings (SSSR count). The van der Waals surface area contributed by atoms with E-state index in [2.05, 4.69) is 20.3 Å². The molecule has 2 aromatic rings. The maximum absolute atomic E-state index is 12.2. The van der Waals surface area contributed by atoms with Gasteiger partial charge in [0.05, 0.1) is 12.3 Å². The summed E-state index contributed by atoms with van der Waals surface area (Å²) in [6.07, 6.45) is 1.59. The number of likely N-dealkylation sites (N-methyl/N-ethyl adjacent to an activating group) is 1. The van der Waals surface area contributed by atoms with Gasteiger partial charge in [-0.05, 0) is 19.1 Å². The van der Waals surface area contributed by atoms with Crippen LogP contribution < -0.4 is 0 Å². The first kappa shape index (κ1) is 14.2. The molecular formula is C14H15N5O3. The van der Waals surface area contributed by atoms with Crippen LogP contribution in [0.25, 0.3) is 11.5 Å². The first-order chi connectivity index (χ1) is 10.6. The van der Waals surface area contributed by atoms with Crippen molar-refractivity contribution < 1.29 is 14.2 Å². The molecule has 1 amide bonds. The molecule has 0 unspecified atom stereocenters. The average molecular weight is 301 g/mol. The topological polar surface area (TPSA) is 93.7 Å². The van der Waals surface area contributed by atoms with Crippen LogP contribution in [-0.2, 0) is 16.2 Å². The van der Waals surface area contributed by atoms with Gasteiger partial charge in [-0.15, -0.1) is 0 Å². The molecule has 8 heteroatoms. The molecule has 2 aromatic heterocycles. The van der Waals surface area contributed by atoms with E-state index in [1.54, 1.807) is 19.3 Å². The largest absolute Gasteiger partial charge is 0.382 e. The maximum Gasteiger partial charge on any atom is 0.267 e. The third-order valence-electron chi connectivity index (χ3n) is 3.20. The molecule has 114 valence electrons. The quantitative estimate of drug-likeness (QED) is 0.843. The minimum absolute atomic E-state index is 0.168. The molecule has 0 bridgehead atoms. The van der Waals surface area contributed by atoms with Gasteiger partial charge in [0.1, 0.15) is 5.69 Å². The van der Waals surface area contributed by atoms with Gasteiger partial charge in [-0.1, -0.05) is 16.4 Å². The fraction of sp³-hybridized carbons (Fsp3) is 0.357. The SMILES string of the molecule is CC1=NO[C@@H](C(=O)N(C)Cc2nc(-c3ccccn3)no2)C1. The molecule has 22 heavy (non-hydrogen) atoms. The van der Waals surface area contributed by atoms with Gasteiger partial charge in [-0.2, -0.15) is 4.98 Å². The Morgan fingerprint density at radius 3 is 3.00 bits per heavy atom. The summed E-state index contributed by atoms with van der Waals surface area (Å²) in [4.78, 5) is 27.1. The minimum atomic E-state index is -0.566. The monoisotopic (exact) mass is 301 g/mol. The molecule has 0 fully saturated rings. The lowest BCUT2D eigenvalue weighted by atomic mass is 10.2. The first-order valence-electron chi connectivity index (χ1n) is 6.82. The fourth-order valence-electron chi connectivity index (χ4n) is 2.07. The van der Waals surface area contributed by atoms with Crippen LogP contribution in [-0.4, -0.2) is 44.8 Å². The maximum atomic E-state index is 12.2. The summed E-state index contributed by atoms with van der Waals surface area (Å²) in [5.41, 5.74) is 1.43. The van der Waals surface area contributed by atoms with Gasteiger partial charge in [-0.25, -0.2) is 0 Å². The molecule has 0 spiro atoms. The molecule has 8 nitrogen and oxygen atoms in total. The van der Waals surface area contributed by atoms with Crippen molar-refractivity contribution in [3.8, 4) is 11.5 Å². The predicted octanol–water partition coefficient (Wildman–Crippen LogP) is 1.25. The zero-order valence-electron chi connectivity index (χ0n) is 12.3. The number of amides is 1. The normalized spacial score (nSPS) is 17.0. The highest BCUT2D eigenvalue weighted by Gasteiger charge is 2.29. The van der Waals surface area contributed by atoms with E-state index >= 15 is 0 Å². The lowest BCUT2D eigenvalue weighted by Crippen LogP contribution is -2.36. The predicted molar refractivity (Wildman–Crippen MR) is 76.6 cm³/mol. The van der Waals surface area contributed by atoms with Crippen molar-refractivity contribution in [1.82, 2.24) is 20.0 Å². The van der Waals surface area contributed by atoms with Crippen molar-refractivity contribution in [2.75, 3.05) is 7.05 Å². The van der Waals surface area contributed by atoms with Gasteiger partial charge in [-0.3, -0.25) is 9.78 Å². The van der Waals surface area contributed by atoms with Crippen LogP contribution in [0.3, 0.4) is 0 Å². The number of carbonyl (C=O) groups is 1. The lowest BCUT2D eigenvalue weighted by Gasteiger charge is -2.17. The van der Waals surface area contributed by atoms with Crippen LogP contribution in [0, 0.1) is 0 Å². The average Bonchev–Trinajstić information content (AvgIpc) is 3.16. The Kier molecular flexibility index (Phi) is 3.82. The zero-order valence-corrected chi connectivity index (χ0v) is 12.3. The number of nitrogens with zero attached hydrogens (tertiary/aromatic N) is 5. The highest BCUT2D eigenvalue weighted by Crippen LogP contribution is 2.15. The zero-order chi connectivity index (χ0) is 15.5. The molecule has 1 aliphatic heterocycles. The molecule has 1 aliphatic rings. The number of aromatic nitrogens is 3. The highest BCUT2D eigenvalue weighted by molar-refractivity contribution is 5.91. The molecule has 0 radical (unpaired) electrons. The summed E-state index contributed by atoms with van der Waals surface area (Å²) in [5, 5.41) is 7.65. The van der Waals surface area contributed by atoms with E-state index in [1.807, 2.05) is 19.1 Å². The number of rotatable bonds is 4. The third-order valence-corrected chi connectivity index (χ3v) is 3.20. The van der Waals surface area contributed by atoms with Crippen molar-refractivity contribution in [2.24, 2.45) is 5.16 Å². The van der Waals surface area contributed by atoms with Crippen LogP contribution in [0.1, 0.15) is 19.2 Å².